The number of carbonyl (C=O) groups is 1. The number of fused-ring (bicyclic) bond motifs is 1. The zero-order valence-corrected chi connectivity index (χ0v) is 12.0. The Morgan fingerprint density at radius 1 is 1.16 bits per heavy atom. The number of rotatable bonds is 3. The van der Waals surface area contributed by atoms with Gasteiger partial charge in [0.15, 0.2) is 0 Å². The Bertz CT molecular complexity index is 624. The molecule has 1 aliphatic rings. The summed E-state index contributed by atoms with van der Waals surface area (Å²) in [5, 5.41) is 3.30. The first-order valence-electron chi connectivity index (χ1n) is 6.34. The van der Waals surface area contributed by atoms with E-state index in [2.05, 4.69) is 21.2 Å². The van der Waals surface area contributed by atoms with Gasteiger partial charge in [-0.2, -0.15) is 0 Å². The van der Waals surface area contributed by atoms with E-state index >= 15 is 0 Å². The molecular formula is C16H14BrNO. The predicted octanol–water partition coefficient (Wildman–Crippen LogP) is 3.77. The summed E-state index contributed by atoms with van der Waals surface area (Å²) in [7, 11) is 0. The van der Waals surface area contributed by atoms with Gasteiger partial charge in [0, 0.05) is 23.1 Å². The maximum atomic E-state index is 12.5. The van der Waals surface area contributed by atoms with Gasteiger partial charge in [-0.1, -0.05) is 52.3 Å². The lowest BCUT2D eigenvalue weighted by Gasteiger charge is -2.10. The van der Waals surface area contributed by atoms with Gasteiger partial charge in [-0.15, -0.1) is 0 Å². The summed E-state index contributed by atoms with van der Waals surface area (Å²) in [5.74, 6) is 0.243. The van der Waals surface area contributed by atoms with Crippen molar-refractivity contribution in [2.75, 3.05) is 11.9 Å². The molecule has 3 rings (SSSR count). The quantitative estimate of drug-likeness (QED) is 0.934. The lowest BCUT2D eigenvalue weighted by molar-refractivity contribution is -0.119. The molecule has 1 atom stereocenters. The standard InChI is InChI=1S/C16H14BrNO/c17-14-7-3-1-5-11(14)9-16(19)13-10-18-15-8-4-2-6-12(13)15/h1-8,13,18H,9-10H2. The molecule has 2 nitrogen and oxygen atoms in total. The summed E-state index contributed by atoms with van der Waals surface area (Å²) in [6.45, 7) is 0.711. The zero-order valence-electron chi connectivity index (χ0n) is 10.4. The van der Waals surface area contributed by atoms with Crippen LogP contribution in [0.25, 0.3) is 0 Å². The number of carbonyl (C=O) groups excluding carboxylic acids is 1. The minimum atomic E-state index is -0.0247. The van der Waals surface area contributed by atoms with E-state index in [4.69, 9.17) is 0 Å². The van der Waals surface area contributed by atoms with E-state index in [0.29, 0.717) is 13.0 Å². The Hall–Kier alpha value is -1.61. The van der Waals surface area contributed by atoms with Crippen LogP contribution in [-0.2, 0) is 11.2 Å². The average molecular weight is 316 g/mol. The third-order valence-electron chi connectivity index (χ3n) is 3.54. The molecule has 0 bridgehead atoms. The molecule has 1 N–H and O–H groups in total. The molecule has 0 fully saturated rings. The van der Waals surface area contributed by atoms with Crippen molar-refractivity contribution in [3.63, 3.8) is 0 Å². The molecule has 96 valence electrons. The molecule has 0 spiro atoms. The molecule has 0 saturated heterocycles. The van der Waals surface area contributed by atoms with Gasteiger partial charge in [-0.05, 0) is 23.3 Å². The van der Waals surface area contributed by atoms with Gasteiger partial charge in [0.25, 0.3) is 0 Å². The zero-order chi connectivity index (χ0) is 13.2. The van der Waals surface area contributed by atoms with E-state index in [1.807, 2.05) is 48.5 Å². The van der Waals surface area contributed by atoms with E-state index in [9.17, 15) is 4.79 Å². The van der Waals surface area contributed by atoms with Gasteiger partial charge in [0.05, 0.1) is 5.92 Å². The minimum Gasteiger partial charge on any atom is -0.384 e. The van der Waals surface area contributed by atoms with Crippen LogP contribution in [0, 0.1) is 0 Å². The fourth-order valence-corrected chi connectivity index (χ4v) is 2.95. The number of hydrogen-bond donors (Lipinski definition) is 1. The van der Waals surface area contributed by atoms with Gasteiger partial charge in [0.1, 0.15) is 5.78 Å². The van der Waals surface area contributed by atoms with Crippen molar-refractivity contribution in [1.82, 2.24) is 0 Å². The molecule has 0 radical (unpaired) electrons. The molecule has 0 aliphatic carbocycles. The minimum absolute atomic E-state index is 0.0247. The van der Waals surface area contributed by atoms with Crippen LogP contribution in [0.4, 0.5) is 5.69 Å². The smallest absolute Gasteiger partial charge is 0.146 e. The van der Waals surface area contributed by atoms with Crippen LogP contribution in [0.2, 0.25) is 0 Å². The molecule has 0 aromatic heterocycles. The number of halogens is 1. The molecule has 3 heteroatoms. The Labute approximate surface area is 121 Å². The molecule has 2 aromatic rings. The summed E-state index contributed by atoms with van der Waals surface area (Å²) in [6.07, 6.45) is 0.474. The van der Waals surface area contributed by atoms with Crippen molar-refractivity contribution in [2.24, 2.45) is 0 Å². The third-order valence-corrected chi connectivity index (χ3v) is 4.32. The van der Waals surface area contributed by atoms with Gasteiger partial charge in [-0.25, -0.2) is 0 Å². The molecule has 0 amide bonds. The van der Waals surface area contributed by atoms with Gasteiger partial charge in [0.2, 0.25) is 0 Å². The highest BCUT2D eigenvalue weighted by atomic mass is 79.9. The van der Waals surface area contributed by atoms with Gasteiger partial charge >= 0.3 is 0 Å². The highest BCUT2D eigenvalue weighted by molar-refractivity contribution is 9.10. The van der Waals surface area contributed by atoms with Crippen LogP contribution in [0.5, 0.6) is 0 Å². The Kier molecular flexibility index (Phi) is 3.38. The summed E-state index contributed by atoms with van der Waals surface area (Å²) in [5.41, 5.74) is 3.27. The molecule has 1 aliphatic heterocycles. The third kappa shape index (κ3) is 2.43. The largest absolute Gasteiger partial charge is 0.384 e. The number of anilines is 1. The van der Waals surface area contributed by atoms with Gasteiger partial charge < -0.3 is 5.32 Å². The van der Waals surface area contributed by atoms with Crippen LogP contribution in [-0.4, -0.2) is 12.3 Å². The van der Waals surface area contributed by atoms with Crippen LogP contribution >= 0.6 is 15.9 Å². The van der Waals surface area contributed by atoms with E-state index in [1.165, 1.54) is 0 Å². The molecule has 0 saturated carbocycles. The molecular weight excluding hydrogens is 302 g/mol. The second kappa shape index (κ2) is 5.17. The average Bonchev–Trinajstić information content (AvgIpc) is 2.85. The summed E-state index contributed by atoms with van der Waals surface area (Å²) >= 11 is 3.50. The fourth-order valence-electron chi connectivity index (χ4n) is 2.52. The van der Waals surface area contributed by atoms with Crippen molar-refractivity contribution >= 4 is 27.4 Å². The van der Waals surface area contributed by atoms with Crippen LogP contribution in [0.1, 0.15) is 17.0 Å². The first-order valence-corrected chi connectivity index (χ1v) is 7.14. The van der Waals surface area contributed by atoms with Crippen LogP contribution in [0.15, 0.2) is 53.0 Å². The SMILES string of the molecule is O=C(Cc1ccccc1Br)C1CNc2ccccc21. The maximum absolute atomic E-state index is 12.5. The predicted molar refractivity (Wildman–Crippen MR) is 80.5 cm³/mol. The fraction of sp³-hybridized carbons (Fsp3) is 0.188. The lowest BCUT2D eigenvalue weighted by atomic mass is 9.93. The number of para-hydroxylation sites is 1. The summed E-state index contributed by atoms with van der Waals surface area (Å²) in [4.78, 5) is 12.5. The number of benzene rings is 2. The van der Waals surface area contributed by atoms with E-state index in [0.717, 1.165) is 21.3 Å². The van der Waals surface area contributed by atoms with Crippen molar-refractivity contribution in [1.29, 1.82) is 0 Å². The number of Topliss-reactive ketones (excluding diaryl/α,β-unsaturated/α-hetero) is 1. The number of hydrogen-bond acceptors (Lipinski definition) is 2. The summed E-state index contributed by atoms with van der Waals surface area (Å²) < 4.78 is 1.00. The van der Waals surface area contributed by atoms with Crippen molar-refractivity contribution < 1.29 is 4.79 Å². The Balaban J connectivity index is 1.81. The summed E-state index contributed by atoms with van der Waals surface area (Å²) in [6, 6.07) is 16.0. The van der Waals surface area contributed by atoms with Crippen LogP contribution in [0.3, 0.4) is 0 Å². The van der Waals surface area contributed by atoms with E-state index in [-0.39, 0.29) is 11.7 Å². The van der Waals surface area contributed by atoms with Gasteiger partial charge in [-0.3, -0.25) is 4.79 Å². The molecule has 19 heavy (non-hydrogen) atoms. The Morgan fingerprint density at radius 3 is 2.74 bits per heavy atom. The van der Waals surface area contributed by atoms with Crippen molar-refractivity contribution in [2.45, 2.75) is 12.3 Å². The molecule has 1 heterocycles. The molecule has 2 aromatic carbocycles. The van der Waals surface area contributed by atoms with Crippen molar-refractivity contribution in [3.05, 3.63) is 64.1 Å². The highest BCUT2D eigenvalue weighted by Crippen LogP contribution is 2.32. The van der Waals surface area contributed by atoms with Crippen molar-refractivity contribution in [3.8, 4) is 0 Å². The second-order valence-electron chi connectivity index (χ2n) is 4.76. The topological polar surface area (TPSA) is 29.1 Å². The first kappa shape index (κ1) is 12.4. The molecule has 1 unspecified atom stereocenters. The maximum Gasteiger partial charge on any atom is 0.146 e. The first-order chi connectivity index (χ1) is 9.25. The normalized spacial score (nSPS) is 16.8. The van der Waals surface area contributed by atoms with E-state index in [1.54, 1.807) is 0 Å². The van der Waals surface area contributed by atoms with Crippen LogP contribution < -0.4 is 5.32 Å². The second-order valence-corrected chi connectivity index (χ2v) is 5.61. The Morgan fingerprint density at radius 2 is 1.89 bits per heavy atom. The number of nitrogens with one attached hydrogen (secondary N) is 1. The van der Waals surface area contributed by atoms with E-state index < -0.39 is 0 Å². The monoisotopic (exact) mass is 315 g/mol. The lowest BCUT2D eigenvalue weighted by Crippen LogP contribution is -2.17. The number of ketones is 1. The highest BCUT2D eigenvalue weighted by Gasteiger charge is 2.27.